The number of fused-ring (bicyclic) bond motifs is 3. The van der Waals surface area contributed by atoms with E-state index in [2.05, 4.69) is 43.0 Å². The van der Waals surface area contributed by atoms with E-state index in [1.807, 2.05) is 12.1 Å². The average Bonchev–Trinajstić information content (AvgIpc) is 2.73. The third kappa shape index (κ3) is 4.07. The molecule has 0 atom stereocenters. The van der Waals surface area contributed by atoms with Crippen molar-refractivity contribution in [2.75, 3.05) is 0 Å². The third-order valence-electron chi connectivity index (χ3n) is 5.38. The van der Waals surface area contributed by atoms with Crippen molar-refractivity contribution in [2.45, 2.75) is 39.0 Å². The number of hydrogen-bond donors (Lipinski definition) is 0. The summed E-state index contributed by atoms with van der Waals surface area (Å²) in [7, 11) is 0. The molecule has 0 heterocycles. The highest BCUT2D eigenvalue weighted by molar-refractivity contribution is 5.74. The van der Waals surface area contributed by atoms with Gasteiger partial charge < -0.3 is 0 Å². The molecular formula is C26H21F3. The van der Waals surface area contributed by atoms with Crippen molar-refractivity contribution in [3.63, 3.8) is 0 Å². The first-order chi connectivity index (χ1) is 14.0. The van der Waals surface area contributed by atoms with Crippen LogP contribution in [0.2, 0.25) is 0 Å². The molecule has 0 aliphatic heterocycles. The first-order valence-corrected chi connectivity index (χ1v) is 9.97. The average molecular weight is 390 g/mol. The summed E-state index contributed by atoms with van der Waals surface area (Å²) in [5, 5.41) is 0. The van der Waals surface area contributed by atoms with Crippen LogP contribution in [0, 0.1) is 29.3 Å². The van der Waals surface area contributed by atoms with Crippen LogP contribution in [0.1, 0.15) is 47.6 Å². The van der Waals surface area contributed by atoms with Crippen LogP contribution in [0.5, 0.6) is 0 Å². The Balaban J connectivity index is 1.61. The molecule has 3 aromatic carbocycles. The van der Waals surface area contributed by atoms with Crippen molar-refractivity contribution in [1.82, 2.24) is 0 Å². The largest absolute Gasteiger partial charge is 0.204 e. The van der Waals surface area contributed by atoms with Crippen molar-refractivity contribution in [2.24, 2.45) is 0 Å². The maximum absolute atomic E-state index is 13.3. The zero-order valence-corrected chi connectivity index (χ0v) is 16.3. The second-order valence-electron chi connectivity index (χ2n) is 7.47. The number of hydrogen-bond acceptors (Lipinski definition) is 0. The molecule has 29 heavy (non-hydrogen) atoms. The van der Waals surface area contributed by atoms with Crippen molar-refractivity contribution in [1.29, 1.82) is 0 Å². The summed E-state index contributed by atoms with van der Waals surface area (Å²) in [6.45, 7) is 2.21. The van der Waals surface area contributed by atoms with Crippen molar-refractivity contribution in [3.05, 3.63) is 93.8 Å². The van der Waals surface area contributed by atoms with E-state index in [1.165, 1.54) is 40.7 Å². The monoisotopic (exact) mass is 390 g/mol. The van der Waals surface area contributed by atoms with E-state index < -0.39 is 17.5 Å². The van der Waals surface area contributed by atoms with E-state index in [0.717, 1.165) is 37.0 Å². The second-order valence-corrected chi connectivity index (χ2v) is 7.47. The van der Waals surface area contributed by atoms with Gasteiger partial charge in [0.1, 0.15) is 0 Å². The fraction of sp³-hybridized carbons (Fsp3) is 0.231. The zero-order chi connectivity index (χ0) is 20.4. The summed E-state index contributed by atoms with van der Waals surface area (Å²) < 4.78 is 39.8. The number of unbranched alkanes of at least 4 members (excludes halogenated alkanes) is 1. The Bertz CT molecular complexity index is 1110. The lowest BCUT2D eigenvalue weighted by Crippen LogP contribution is -2.05. The van der Waals surface area contributed by atoms with Gasteiger partial charge in [-0.3, -0.25) is 0 Å². The molecule has 0 bridgehead atoms. The predicted octanol–water partition coefficient (Wildman–Crippen LogP) is 6.61. The topological polar surface area (TPSA) is 0 Å². The number of halogens is 3. The Kier molecular flexibility index (Phi) is 5.45. The van der Waals surface area contributed by atoms with E-state index >= 15 is 0 Å². The highest BCUT2D eigenvalue weighted by Gasteiger charge is 2.16. The molecule has 146 valence electrons. The van der Waals surface area contributed by atoms with E-state index in [1.54, 1.807) is 0 Å². The fourth-order valence-corrected chi connectivity index (χ4v) is 3.84. The normalized spacial score (nSPS) is 12.0. The molecule has 3 heteroatoms. The zero-order valence-electron chi connectivity index (χ0n) is 16.3. The van der Waals surface area contributed by atoms with Gasteiger partial charge in [0.25, 0.3) is 0 Å². The molecule has 1 aliphatic rings. The van der Waals surface area contributed by atoms with E-state index in [4.69, 9.17) is 0 Å². The Hall–Kier alpha value is -2.99. The van der Waals surface area contributed by atoms with Gasteiger partial charge in [-0.05, 0) is 77.8 Å². The lowest BCUT2D eigenvalue weighted by Gasteiger charge is -2.21. The number of aryl methyl sites for hydroxylation is 3. The van der Waals surface area contributed by atoms with Gasteiger partial charge in [-0.2, -0.15) is 0 Å². The molecule has 3 aromatic rings. The van der Waals surface area contributed by atoms with E-state index in [-0.39, 0.29) is 5.56 Å². The van der Waals surface area contributed by atoms with Crippen LogP contribution in [0.15, 0.2) is 48.5 Å². The van der Waals surface area contributed by atoms with Crippen LogP contribution in [0.4, 0.5) is 13.2 Å². The van der Waals surface area contributed by atoms with Crippen LogP contribution >= 0.6 is 0 Å². The van der Waals surface area contributed by atoms with Gasteiger partial charge in [0.2, 0.25) is 0 Å². The Labute approximate surface area is 169 Å². The lowest BCUT2D eigenvalue weighted by atomic mass is 9.83. The highest BCUT2D eigenvalue weighted by Crippen LogP contribution is 2.34. The van der Waals surface area contributed by atoms with Gasteiger partial charge >= 0.3 is 0 Å². The van der Waals surface area contributed by atoms with Crippen LogP contribution in [-0.2, 0) is 19.3 Å². The van der Waals surface area contributed by atoms with Gasteiger partial charge in [0, 0.05) is 11.1 Å². The van der Waals surface area contributed by atoms with Crippen LogP contribution in [0.3, 0.4) is 0 Å². The molecule has 4 rings (SSSR count). The van der Waals surface area contributed by atoms with Gasteiger partial charge in [-0.25, -0.2) is 13.2 Å². The number of benzene rings is 3. The molecule has 1 aliphatic carbocycles. The summed E-state index contributed by atoms with van der Waals surface area (Å²) in [6.07, 6.45) is 5.46. The molecule has 0 radical (unpaired) electrons. The third-order valence-corrected chi connectivity index (χ3v) is 5.38. The summed E-state index contributed by atoms with van der Waals surface area (Å²) in [5.74, 6) is 1.74. The maximum atomic E-state index is 13.3. The maximum Gasteiger partial charge on any atom is 0.194 e. The summed E-state index contributed by atoms with van der Waals surface area (Å²) in [6, 6.07) is 14.6. The van der Waals surface area contributed by atoms with Crippen molar-refractivity contribution < 1.29 is 13.2 Å². The van der Waals surface area contributed by atoms with Gasteiger partial charge in [0.05, 0.1) is 0 Å². The number of rotatable bonds is 3. The van der Waals surface area contributed by atoms with Crippen LogP contribution < -0.4 is 0 Å². The Morgan fingerprint density at radius 2 is 1.38 bits per heavy atom. The molecule has 0 amide bonds. The minimum Gasteiger partial charge on any atom is -0.204 e. The van der Waals surface area contributed by atoms with Gasteiger partial charge in [-0.1, -0.05) is 49.5 Å². The molecule has 0 spiro atoms. The van der Waals surface area contributed by atoms with E-state index in [0.29, 0.717) is 0 Å². The molecule has 0 N–H and O–H groups in total. The summed E-state index contributed by atoms with van der Waals surface area (Å²) in [5.41, 5.74) is 7.40. The van der Waals surface area contributed by atoms with Crippen molar-refractivity contribution >= 4 is 0 Å². The van der Waals surface area contributed by atoms with Gasteiger partial charge in [0.15, 0.2) is 17.5 Å². The van der Waals surface area contributed by atoms with E-state index in [9.17, 15) is 13.2 Å². The predicted molar refractivity (Wildman–Crippen MR) is 110 cm³/mol. The van der Waals surface area contributed by atoms with Crippen LogP contribution in [0.25, 0.3) is 11.1 Å². The second kappa shape index (κ2) is 8.17. The first-order valence-electron chi connectivity index (χ1n) is 9.97. The highest BCUT2D eigenvalue weighted by atomic mass is 19.2. The molecule has 0 unspecified atom stereocenters. The Morgan fingerprint density at radius 3 is 2.07 bits per heavy atom. The molecular weight excluding hydrogens is 369 g/mol. The first kappa shape index (κ1) is 19.3. The van der Waals surface area contributed by atoms with Gasteiger partial charge in [-0.15, -0.1) is 0 Å². The summed E-state index contributed by atoms with van der Waals surface area (Å²) >= 11 is 0. The SMILES string of the molecule is CCCCc1ccc2c(c1)CCc1cc(C#Cc3cc(F)c(F)c(F)c3)ccc1-2. The minimum absolute atomic E-state index is 0.115. The molecule has 0 nitrogen and oxygen atoms in total. The standard InChI is InChI=1S/C26H21F3/c1-2-3-4-17-7-11-22-20(13-17)9-10-21-14-18(8-12-23(21)22)5-6-19-15-24(27)26(29)25(28)16-19/h7-8,11-16H,2-4,9-10H2,1H3. The molecule has 0 saturated heterocycles. The van der Waals surface area contributed by atoms with Crippen molar-refractivity contribution in [3.8, 4) is 23.0 Å². The fourth-order valence-electron chi connectivity index (χ4n) is 3.84. The molecule has 0 fully saturated rings. The lowest BCUT2D eigenvalue weighted by molar-refractivity contribution is 0.446. The minimum atomic E-state index is -1.47. The smallest absolute Gasteiger partial charge is 0.194 e. The molecule has 0 aromatic heterocycles. The quantitative estimate of drug-likeness (QED) is 0.349. The summed E-state index contributed by atoms with van der Waals surface area (Å²) in [4.78, 5) is 0. The molecule has 0 saturated carbocycles. The van der Waals surface area contributed by atoms with Crippen LogP contribution in [-0.4, -0.2) is 0 Å². The Morgan fingerprint density at radius 1 is 0.759 bits per heavy atom.